The summed E-state index contributed by atoms with van der Waals surface area (Å²) in [7, 11) is 0. The van der Waals surface area contributed by atoms with Gasteiger partial charge in [0.05, 0.1) is 23.4 Å². The van der Waals surface area contributed by atoms with Crippen LogP contribution in [0.4, 0.5) is 10.1 Å². The molecule has 0 aliphatic heterocycles. The number of H-pyrrole nitrogens is 1. The van der Waals surface area contributed by atoms with Gasteiger partial charge in [-0.2, -0.15) is 10.1 Å². The number of hydrogen-bond donors (Lipinski definition) is 2. The largest absolute Gasteiger partial charge is 0.487 e. The minimum atomic E-state index is -0.766. The number of nitro benzene ring substituents is 1. The first-order valence-electron chi connectivity index (χ1n) is 8.99. The van der Waals surface area contributed by atoms with Gasteiger partial charge < -0.3 is 9.72 Å². The first-order chi connectivity index (χ1) is 14.9. The van der Waals surface area contributed by atoms with E-state index in [2.05, 4.69) is 20.5 Å². The normalized spacial score (nSPS) is 10.8. The molecule has 1 amide bonds. The number of aromatic amines is 1. The van der Waals surface area contributed by atoms with Gasteiger partial charge in [0.25, 0.3) is 5.91 Å². The van der Waals surface area contributed by atoms with Crippen LogP contribution in [-0.4, -0.2) is 33.6 Å². The van der Waals surface area contributed by atoms with Gasteiger partial charge in [0, 0.05) is 17.2 Å². The summed E-state index contributed by atoms with van der Waals surface area (Å²) in [5, 5.41) is 14.9. The first-order valence-corrected chi connectivity index (χ1v) is 8.99. The Morgan fingerprint density at radius 3 is 2.71 bits per heavy atom. The molecule has 0 atom stereocenters. The minimum absolute atomic E-state index is 0.117. The smallest absolute Gasteiger partial charge is 0.346 e. The Hall–Kier alpha value is -4.41. The number of carbonyl (C=O) groups excluding carboxylic acids is 1. The quantitative estimate of drug-likeness (QED) is 0.339. The van der Waals surface area contributed by atoms with Crippen molar-refractivity contribution in [3.63, 3.8) is 0 Å². The highest BCUT2D eigenvalue weighted by molar-refractivity contribution is 5.94. The third-order valence-electron chi connectivity index (χ3n) is 3.99. The molecule has 1 aromatic heterocycles. The Kier molecular flexibility index (Phi) is 6.45. The highest BCUT2D eigenvalue weighted by Crippen LogP contribution is 2.27. The summed E-state index contributed by atoms with van der Waals surface area (Å²) < 4.78 is 18.3. The van der Waals surface area contributed by atoms with Crippen molar-refractivity contribution < 1.29 is 18.8 Å². The van der Waals surface area contributed by atoms with Gasteiger partial charge in [0.1, 0.15) is 11.5 Å². The molecule has 0 bridgehead atoms. The molecule has 3 rings (SSSR count). The van der Waals surface area contributed by atoms with E-state index in [4.69, 9.17) is 4.74 Å². The van der Waals surface area contributed by atoms with E-state index in [0.717, 1.165) is 0 Å². The number of rotatable bonds is 7. The zero-order valence-electron chi connectivity index (χ0n) is 16.2. The lowest BCUT2D eigenvalue weighted by Crippen LogP contribution is -2.24. The lowest BCUT2D eigenvalue weighted by molar-refractivity contribution is -0.385. The van der Waals surface area contributed by atoms with Gasteiger partial charge in [-0.3, -0.25) is 14.9 Å². The van der Waals surface area contributed by atoms with Gasteiger partial charge in [0.2, 0.25) is 0 Å². The first kappa shape index (κ1) is 21.3. The van der Waals surface area contributed by atoms with Crippen LogP contribution in [0.1, 0.15) is 23.0 Å². The summed E-state index contributed by atoms with van der Waals surface area (Å²) in [6.07, 6.45) is 1.21. The van der Waals surface area contributed by atoms with Crippen molar-refractivity contribution in [3.8, 4) is 17.0 Å². The maximum Gasteiger partial charge on any atom is 0.346 e. The van der Waals surface area contributed by atoms with E-state index in [-0.39, 0.29) is 29.4 Å². The van der Waals surface area contributed by atoms with Crippen molar-refractivity contribution in [2.45, 2.75) is 6.92 Å². The zero-order valence-corrected chi connectivity index (χ0v) is 16.2. The lowest BCUT2D eigenvalue weighted by atomic mass is 10.1. The van der Waals surface area contributed by atoms with Crippen LogP contribution >= 0.6 is 0 Å². The number of benzene rings is 2. The number of amides is 1. The number of carbonyl (C=O) groups is 1. The average Bonchev–Trinajstić information content (AvgIpc) is 2.74. The Balaban J connectivity index is 1.77. The number of aromatic nitrogens is 2. The number of nitrogens with one attached hydrogen (secondary N) is 2. The molecule has 1 heterocycles. The molecule has 2 aromatic carbocycles. The van der Waals surface area contributed by atoms with Crippen molar-refractivity contribution in [1.82, 2.24) is 15.4 Å². The second-order valence-electron chi connectivity index (χ2n) is 6.11. The summed E-state index contributed by atoms with van der Waals surface area (Å²) in [6, 6.07) is 10.8. The predicted octanol–water partition coefficient (Wildman–Crippen LogP) is 2.65. The number of ether oxygens (including phenoxy) is 1. The molecule has 0 fully saturated rings. The van der Waals surface area contributed by atoms with Crippen LogP contribution in [0, 0.1) is 15.9 Å². The van der Waals surface area contributed by atoms with Crippen molar-refractivity contribution in [3.05, 3.63) is 86.2 Å². The summed E-state index contributed by atoms with van der Waals surface area (Å²) in [4.78, 5) is 40.8. The number of nitrogens with zero attached hydrogens (tertiary/aromatic N) is 3. The van der Waals surface area contributed by atoms with Crippen LogP contribution in [0.15, 0.2) is 58.4 Å². The highest BCUT2D eigenvalue weighted by Gasteiger charge is 2.15. The van der Waals surface area contributed by atoms with Crippen LogP contribution < -0.4 is 15.9 Å². The standard InChI is InChI=1S/C20H16FN5O5/c1-2-31-18-8-3-12(9-17(18)26(29)30)11-22-25-19(27)16-10-15(23-20(28)24-16)13-4-6-14(21)7-5-13/h3-11H,2H2,1H3,(H,25,27)(H,23,24,28)/b22-11+. The second kappa shape index (κ2) is 9.39. The van der Waals surface area contributed by atoms with E-state index in [1.165, 1.54) is 54.7 Å². The summed E-state index contributed by atoms with van der Waals surface area (Å²) >= 11 is 0. The summed E-state index contributed by atoms with van der Waals surface area (Å²) in [5.41, 5.74) is 2.09. The molecule has 0 radical (unpaired) electrons. The average molecular weight is 425 g/mol. The molecule has 2 N–H and O–H groups in total. The molecule has 10 nitrogen and oxygen atoms in total. The molecular formula is C20H16FN5O5. The molecule has 0 aliphatic rings. The molecule has 11 heteroatoms. The monoisotopic (exact) mass is 425 g/mol. The number of nitro groups is 1. The van der Waals surface area contributed by atoms with E-state index in [1.807, 2.05) is 0 Å². The third kappa shape index (κ3) is 5.35. The van der Waals surface area contributed by atoms with Crippen molar-refractivity contribution in [1.29, 1.82) is 0 Å². The molecule has 0 aliphatic carbocycles. The molecule has 31 heavy (non-hydrogen) atoms. The zero-order chi connectivity index (χ0) is 22.4. The van der Waals surface area contributed by atoms with E-state index >= 15 is 0 Å². The van der Waals surface area contributed by atoms with Gasteiger partial charge in [-0.15, -0.1) is 0 Å². The molecule has 0 saturated heterocycles. The molecule has 0 saturated carbocycles. The molecule has 158 valence electrons. The van der Waals surface area contributed by atoms with Crippen LogP contribution in [0.5, 0.6) is 5.75 Å². The maximum atomic E-state index is 13.1. The van der Waals surface area contributed by atoms with E-state index in [9.17, 15) is 24.1 Å². The fraction of sp³-hybridized carbons (Fsp3) is 0.100. The van der Waals surface area contributed by atoms with E-state index in [0.29, 0.717) is 11.1 Å². The third-order valence-corrected chi connectivity index (χ3v) is 3.99. The lowest BCUT2D eigenvalue weighted by Gasteiger charge is -2.05. The van der Waals surface area contributed by atoms with E-state index < -0.39 is 22.3 Å². The van der Waals surface area contributed by atoms with E-state index in [1.54, 1.807) is 6.92 Å². The summed E-state index contributed by atoms with van der Waals surface area (Å²) in [6.45, 7) is 1.98. The Bertz CT molecular complexity index is 1210. The Labute approximate surface area is 174 Å². The Morgan fingerprint density at radius 1 is 1.29 bits per heavy atom. The van der Waals surface area contributed by atoms with Gasteiger partial charge >= 0.3 is 11.4 Å². The summed E-state index contributed by atoms with van der Waals surface area (Å²) in [5.74, 6) is -1.06. The van der Waals surface area contributed by atoms with Crippen molar-refractivity contribution in [2.75, 3.05) is 6.61 Å². The number of halogens is 1. The SMILES string of the molecule is CCOc1ccc(/C=N/NC(=O)c2cc(-c3ccc(F)cc3)nc(=O)[nH]2)cc1[N+](=O)[O-]. The number of hydrogen-bond acceptors (Lipinski definition) is 7. The molecule has 0 unspecified atom stereocenters. The van der Waals surface area contributed by atoms with Gasteiger partial charge in [0.15, 0.2) is 5.75 Å². The molecular weight excluding hydrogens is 409 g/mol. The topological polar surface area (TPSA) is 140 Å². The van der Waals surface area contributed by atoms with Crippen LogP contribution in [0.3, 0.4) is 0 Å². The van der Waals surface area contributed by atoms with Gasteiger partial charge in [-0.05, 0) is 49.4 Å². The van der Waals surface area contributed by atoms with Crippen LogP contribution in [0.25, 0.3) is 11.3 Å². The van der Waals surface area contributed by atoms with Crippen LogP contribution in [0.2, 0.25) is 0 Å². The Morgan fingerprint density at radius 2 is 2.03 bits per heavy atom. The number of hydrazone groups is 1. The molecule has 0 spiro atoms. The fourth-order valence-corrected chi connectivity index (χ4v) is 2.61. The second-order valence-corrected chi connectivity index (χ2v) is 6.11. The highest BCUT2D eigenvalue weighted by atomic mass is 19.1. The minimum Gasteiger partial charge on any atom is -0.487 e. The van der Waals surface area contributed by atoms with Gasteiger partial charge in [-0.25, -0.2) is 14.6 Å². The molecule has 3 aromatic rings. The maximum absolute atomic E-state index is 13.1. The van der Waals surface area contributed by atoms with Crippen LogP contribution in [-0.2, 0) is 0 Å². The predicted molar refractivity (Wildman–Crippen MR) is 110 cm³/mol. The van der Waals surface area contributed by atoms with Crippen molar-refractivity contribution in [2.24, 2.45) is 5.10 Å². The van der Waals surface area contributed by atoms with Gasteiger partial charge in [-0.1, -0.05) is 0 Å². The fourth-order valence-electron chi connectivity index (χ4n) is 2.61. The van der Waals surface area contributed by atoms with Crippen molar-refractivity contribution >= 4 is 17.8 Å².